The molecule has 0 fully saturated rings. The topological polar surface area (TPSA) is 31.6 Å². The smallest absolute Gasteiger partial charge is 0.0476 e. The second-order valence-corrected chi connectivity index (χ2v) is 8.61. The van der Waals surface area contributed by atoms with E-state index in [1.165, 1.54) is 42.7 Å². The first-order chi connectivity index (χ1) is 15.3. The van der Waals surface area contributed by atoms with Gasteiger partial charge in [0.25, 0.3) is 0 Å². The van der Waals surface area contributed by atoms with E-state index in [0.29, 0.717) is 0 Å². The third-order valence-electron chi connectivity index (χ3n) is 5.53. The van der Waals surface area contributed by atoms with E-state index in [0.717, 1.165) is 11.4 Å². The summed E-state index contributed by atoms with van der Waals surface area (Å²) in [7, 11) is 0. The number of thioether (sulfide) groups is 1. The van der Waals surface area contributed by atoms with Crippen molar-refractivity contribution in [2.75, 3.05) is 0 Å². The predicted octanol–water partition coefficient (Wildman–Crippen LogP) is 8.40. The maximum atomic E-state index is 3.58. The maximum absolute atomic E-state index is 3.58. The number of H-pyrrole nitrogens is 2. The molecule has 0 unspecified atom stereocenters. The van der Waals surface area contributed by atoms with Gasteiger partial charge in [-0.05, 0) is 56.4 Å². The number of benzene rings is 2. The molecular formula is C28H24N2S. The fourth-order valence-electron chi connectivity index (χ4n) is 3.96. The van der Waals surface area contributed by atoms with Crippen LogP contribution in [0.1, 0.15) is 36.4 Å². The van der Waals surface area contributed by atoms with E-state index in [4.69, 9.17) is 0 Å². The van der Waals surface area contributed by atoms with E-state index in [1.807, 2.05) is 37.8 Å². The number of nitrogens with one attached hydrogen (secondary N) is 2. The molecule has 2 nitrogen and oxygen atoms in total. The number of allylic oxidation sites excluding steroid dienone is 5. The maximum Gasteiger partial charge on any atom is 0.0476 e. The summed E-state index contributed by atoms with van der Waals surface area (Å²) >= 11 is 1.83. The van der Waals surface area contributed by atoms with Crippen LogP contribution < -0.4 is 0 Å². The van der Waals surface area contributed by atoms with Gasteiger partial charge in [0, 0.05) is 54.1 Å². The number of hydrogen-bond donors (Lipinski definition) is 2. The minimum Gasteiger partial charge on any atom is -0.355 e. The van der Waals surface area contributed by atoms with Crippen molar-refractivity contribution in [1.29, 1.82) is 0 Å². The molecule has 0 amide bonds. The van der Waals surface area contributed by atoms with Gasteiger partial charge in [-0.15, -0.1) is 0 Å². The van der Waals surface area contributed by atoms with Gasteiger partial charge in [-0.25, -0.2) is 0 Å². The summed E-state index contributed by atoms with van der Waals surface area (Å²) in [5.41, 5.74) is 7.20. The first-order valence-corrected chi connectivity index (χ1v) is 11.3. The van der Waals surface area contributed by atoms with Gasteiger partial charge in [0.1, 0.15) is 0 Å². The van der Waals surface area contributed by atoms with Gasteiger partial charge >= 0.3 is 0 Å². The van der Waals surface area contributed by atoms with Crippen LogP contribution in [0.2, 0.25) is 0 Å². The molecule has 152 valence electrons. The van der Waals surface area contributed by atoms with Gasteiger partial charge in [0.2, 0.25) is 0 Å². The highest BCUT2D eigenvalue weighted by Gasteiger charge is 2.19. The highest BCUT2D eigenvalue weighted by atomic mass is 32.2. The van der Waals surface area contributed by atoms with Gasteiger partial charge in [-0.3, -0.25) is 0 Å². The van der Waals surface area contributed by atoms with E-state index in [9.17, 15) is 0 Å². The Morgan fingerprint density at radius 2 is 1.42 bits per heavy atom. The van der Waals surface area contributed by atoms with Crippen LogP contribution in [-0.4, -0.2) is 9.97 Å². The zero-order valence-electron chi connectivity index (χ0n) is 17.6. The lowest BCUT2D eigenvalue weighted by atomic mass is 10.0. The van der Waals surface area contributed by atoms with E-state index >= 15 is 0 Å². The molecular weight excluding hydrogens is 396 g/mol. The molecule has 2 aliphatic rings. The monoisotopic (exact) mass is 420 g/mol. The molecule has 2 aromatic heterocycles. The fourth-order valence-corrected chi connectivity index (χ4v) is 5.00. The van der Waals surface area contributed by atoms with Gasteiger partial charge in [0.05, 0.1) is 0 Å². The quantitative estimate of drug-likeness (QED) is 0.275. The minimum atomic E-state index is 1.16. The average Bonchev–Trinajstić information content (AvgIpc) is 3.31. The second-order valence-electron chi connectivity index (χ2n) is 7.50. The van der Waals surface area contributed by atoms with Crippen molar-refractivity contribution < 1.29 is 0 Å². The summed E-state index contributed by atoms with van der Waals surface area (Å²) in [4.78, 5) is 9.66. The van der Waals surface area contributed by atoms with Crippen molar-refractivity contribution in [2.45, 2.75) is 13.8 Å². The van der Waals surface area contributed by atoms with Crippen LogP contribution in [-0.2, 0) is 0 Å². The Morgan fingerprint density at radius 3 is 2.19 bits per heavy atom. The van der Waals surface area contributed by atoms with Crippen LogP contribution >= 0.6 is 11.8 Å². The van der Waals surface area contributed by atoms with Crippen molar-refractivity contribution in [2.24, 2.45) is 0 Å². The van der Waals surface area contributed by atoms with Crippen molar-refractivity contribution in [3.8, 4) is 0 Å². The van der Waals surface area contributed by atoms with Crippen LogP contribution in [0.15, 0.2) is 83.8 Å². The van der Waals surface area contributed by atoms with E-state index in [1.54, 1.807) is 0 Å². The lowest BCUT2D eigenvalue weighted by Crippen LogP contribution is -1.90. The summed E-state index contributed by atoms with van der Waals surface area (Å²) in [6, 6.07) is 17.1. The van der Waals surface area contributed by atoms with E-state index in [2.05, 4.69) is 95.0 Å². The second kappa shape index (κ2) is 8.37. The van der Waals surface area contributed by atoms with Crippen LogP contribution in [0.25, 0.3) is 44.9 Å². The van der Waals surface area contributed by atoms with Gasteiger partial charge < -0.3 is 9.97 Å². The number of rotatable bonds is 0. The molecule has 2 bridgehead atoms. The third-order valence-corrected chi connectivity index (χ3v) is 6.58. The predicted molar refractivity (Wildman–Crippen MR) is 139 cm³/mol. The summed E-state index contributed by atoms with van der Waals surface area (Å²) in [5.74, 6) is 0. The molecule has 4 heterocycles. The van der Waals surface area contributed by atoms with Crippen LogP contribution in [0.4, 0.5) is 0 Å². The van der Waals surface area contributed by atoms with Crippen molar-refractivity contribution >= 4 is 56.7 Å². The molecule has 4 aromatic rings. The van der Waals surface area contributed by atoms with Gasteiger partial charge in [-0.2, -0.15) is 0 Å². The Kier molecular flexibility index (Phi) is 5.27. The fraction of sp³-hybridized carbons (Fsp3) is 0.0714. The van der Waals surface area contributed by atoms with E-state index in [-0.39, 0.29) is 0 Å². The average molecular weight is 421 g/mol. The molecule has 0 saturated carbocycles. The molecule has 2 aromatic carbocycles. The number of para-hydroxylation sites is 2. The Hall–Kier alpha value is -3.43. The Bertz CT molecular complexity index is 1420. The number of aromatic nitrogens is 2. The van der Waals surface area contributed by atoms with Gasteiger partial charge in [0.15, 0.2) is 0 Å². The highest BCUT2D eigenvalue weighted by Crippen LogP contribution is 2.45. The molecule has 0 saturated heterocycles. The van der Waals surface area contributed by atoms with Crippen molar-refractivity contribution in [1.82, 2.24) is 9.97 Å². The number of hydrogen-bond acceptors (Lipinski definition) is 1. The molecule has 0 atom stereocenters. The highest BCUT2D eigenvalue weighted by molar-refractivity contribution is 8.12. The lowest BCUT2D eigenvalue weighted by molar-refractivity contribution is 1.41. The molecule has 0 aliphatic carbocycles. The first kappa shape index (κ1) is 19.5. The molecule has 3 heteroatoms. The Balaban J connectivity index is 0.000000473. The zero-order chi connectivity index (χ0) is 21.2. The lowest BCUT2D eigenvalue weighted by Gasteiger charge is -2.13. The molecule has 6 rings (SSSR count). The van der Waals surface area contributed by atoms with Crippen molar-refractivity contribution in [3.05, 3.63) is 106 Å². The summed E-state index contributed by atoms with van der Waals surface area (Å²) in [5, 5.41) is 2.53. The first-order valence-electron chi connectivity index (χ1n) is 10.5. The zero-order valence-corrected chi connectivity index (χ0v) is 18.5. The normalized spacial score (nSPS) is 20.1. The van der Waals surface area contributed by atoms with Gasteiger partial charge in [-0.1, -0.05) is 66.4 Å². The Morgan fingerprint density at radius 1 is 0.742 bits per heavy atom. The molecule has 0 radical (unpaired) electrons. The largest absolute Gasteiger partial charge is 0.355 e. The van der Waals surface area contributed by atoms with Crippen molar-refractivity contribution in [3.63, 3.8) is 0 Å². The van der Waals surface area contributed by atoms with Crippen LogP contribution in [0, 0.1) is 0 Å². The van der Waals surface area contributed by atoms with Crippen LogP contribution in [0.3, 0.4) is 0 Å². The Labute approximate surface area is 186 Å². The molecule has 0 spiro atoms. The third kappa shape index (κ3) is 3.62. The number of fused-ring (bicyclic) bond motifs is 9. The summed E-state index contributed by atoms with van der Waals surface area (Å²) in [6.07, 6.45) is 17.2. The summed E-state index contributed by atoms with van der Waals surface area (Å²) < 4.78 is 0. The molecule has 31 heavy (non-hydrogen) atoms. The minimum absolute atomic E-state index is 1.16. The molecule has 2 N–H and O–H groups in total. The number of aromatic amines is 2. The van der Waals surface area contributed by atoms with Crippen LogP contribution in [0.5, 0.6) is 0 Å². The molecule has 2 aliphatic heterocycles. The summed E-state index contributed by atoms with van der Waals surface area (Å²) in [6.45, 7) is 4.00. The standard InChI is InChI=1S/C24H16N2S.C4H8/c1-3-9-19-16(7-1)18-14-23-24-17-8-2-4-10-20(17)26-22(24)11-5-6-15(27-23)12-13-21(18)25-19;1-3-4-2/h1-14,25-26H;3-4H,1-2H3/b6-5?,11-5-,13-12-,15-6-,15-12?,18-14?,21-13?,22-11?,23-14-,24-23?;4-3-. The van der Waals surface area contributed by atoms with E-state index < -0.39 is 0 Å². The SMILES string of the molecule is C/C=C\C.C1=C\c2[nH]c3ccccc3c2/C2=C/c3c([nH]c4ccccc34)\C=C/C(=C/1)S2.